The Balaban J connectivity index is 2.52. The maximum Gasteiger partial charge on any atom is 0.255 e. The first kappa shape index (κ1) is 14.5. The molecule has 0 bridgehead atoms. The van der Waals surface area contributed by atoms with Crippen LogP contribution in [0.4, 0.5) is 0 Å². The van der Waals surface area contributed by atoms with E-state index < -0.39 is 0 Å². The van der Waals surface area contributed by atoms with Gasteiger partial charge < -0.3 is 20.5 Å². The highest BCUT2D eigenvalue weighted by atomic mass is 16.5. The minimum absolute atomic E-state index is 0.160. The lowest BCUT2D eigenvalue weighted by Crippen LogP contribution is -2.28. The van der Waals surface area contributed by atoms with E-state index in [1.807, 2.05) is 13.0 Å². The number of carbonyl (C=O) groups excluding carboxylic acids is 1. The Kier molecular flexibility index (Phi) is 6.18. The second-order valence-electron chi connectivity index (χ2n) is 3.86. The molecule has 0 saturated heterocycles. The molecular weight excluding hydrogens is 232 g/mol. The van der Waals surface area contributed by atoms with Crippen LogP contribution in [0, 0.1) is 6.92 Å². The number of hydrogen-bond acceptors (Lipinski definition) is 4. The Morgan fingerprint density at radius 2 is 2.17 bits per heavy atom. The van der Waals surface area contributed by atoms with Crippen LogP contribution in [0.1, 0.15) is 15.9 Å². The smallest absolute Gasteiger partial charge is 0.255 e. The van der Waals surface area contributed by atoms with Crippen LogP contribution in [0.25, 0.3) is 0 Å². The second kappa shape index (κ2) is 7.68. The van der Waals surface area contributed by atoms with E-state index >= 15 is 0 Å². The maximum absolute atomic E-state index is 11.9. The summed E-state index contributed by atoms with van der Waals surface area (Å²) in [4.78, 5) is 11.9. The van der Waals surface area contributed by atoms with Crippen LogP contribution in [0.15, 0.2) is 18.2 Å². The molecule has 5 heteroatoms. The van der Waals surface area contributed by atoms with E-state index in [0.717, 1.165) is 5.56 Å². The number of benzene rings is 1. The number of aryl methyl sites for hydroxylation is 1. The van der Waals surface area contributed by atoms with Crippen LogP contribution in [0.2, 0.25) is 0 Å². The number of nitrogens with two attached hydrogens (primary N) is 1. The first-order valence-corrected chi connectivity index (χ1v) is 5.89. The molecule has 18 heavy (non-hydrogen) atoms. The van der Waals surface area contributed by atoms with Gasteiger partial charge in [-0.15, -0.1) is 0 Å². The Morgan fingerprint density at radius 1 is 1.39 bits per heavy atom. The van der Waals surface area contributed by atoms with Gasteiger partial charge in [0.1, 0.15) is 5.75 Å². The third-order valence-corrected chi connectivity index (χ3v) is 2.39. The fourth-order valence-electron chi connectivity index (χ4n) is 1.52. The van der Waals surface area contributed by atoms with Crippen molar-refractivity contribution in [3.63, 3.8) is 0 Å². The molecule has 5 nitrogen and oxygen atoms in total. The highest BCUT2D eigenvalue weighted by Gasteiger charge is 2.11. The van der Waals surface area contributed by atoms with E-state index in [1.54, 1.807) is 19.2 Å². The molecule has 0 aliphatic heterocycles. The zero-order valence-electron chi connectivity index (χ0n) is 10.9. The summed E-state index contributed by atoms with van der Waals surface area (Å²) < 4.78 is 10.3. The lowest BCUT2D eigenvalue weighted by atomic mass is 10.1. The molecule has 0 unspecified atom stereocenters. The van der Waals surface area contributed by atoms with E-state index in [-0.39, 0.29) is 5.91 Å². The summed E-state index contributed by atoms with van der Waals surface area (Å²) in [6.45, 7) is 3.83. The Labute approximate surface area is 107 Å². The number of ether oxygens (including phenoxy) is 2. The highest BCUT2D eigenvalue weighted by Crippen LogP contribution is 2.19. The Morgan fingerprint density at radius 3 is 2.83 bits per heavy atom. The van der Waals surface area contributed by atoms with Gasteiger partial charge in [-0.3, -0.25) is 4.79 Å². The Bertz CT molecular complexity index is 394. The molecule has 0 atom stereocenters. The van der Waals surface area contributed by atoms with Gasteiger partial charge >= 0.3 is 0 Å². The molecule has 0 heterocycles. The lowest BCUT2D eigenvalue weighted by molar-refractivity contribution is 0.0917. The Hall–Kier alpha value is -1.59. The normalized spacial score (nSPS) is 10.2. The second-order valence-corrected chi connectivity index (χ2v) is 3.86. The van der Waals surface area contributed by atoms with Gasteiger partial charge in [0, 0.05) is 13.1 Å². The van der Waals surface area contributed by atoms with Crippen molar-refractivity contribution >= 4 is 5.91 Å². The van der Waals surface area contributed by atoms with Gasteiger partial charge in [-0.1, -0.05) is 11.6 Å². The summed E-state index contributed by atoms with van der Waals surface area (Å²) >= 11 is 0. The number of nitrogens with one attached hydrogen (secondary N) is 1. The average molecular weight is 252 g/mol. The number of amides is 1. The number of hydrogen-bond donors (Lipinski definition) is 2. The molecule has 0 aliphatic carbocycles. The lowest BCUT2D eigenvalue weighted by Gasteiger charge is -2.10. The molecule has 0 aromatic heterocycles. The number of methoxy groups -OCH3 is 1. The first-order valence-electron chi connectivity index (χ1n) is 5.89. The minimum atomic E-state index is -0.160. The summed E-state index contributed by atoms with van der Waals surface area (Å²) in [7, 11) is 1.55. The standard InChI is InChI=1S/C13H20N2O3/c1-10-3-4-12(17-2)11(9-10)13(16)15-6-8-18-7-5-14/h3-4,9H,5-8,14H2,1-2H3,(H,15,16). The molecule has 0 aliphatic rings. The molecule has 0 saturated carbocycles. The molecule has 1 aromatic rings. The molecule has 0 spiro atoms. The third kappa shape index (κ3) is 4.35. The van der Waals surface area contributed by atoms with Gasteiger partial charge in [0.25, 0.3) is 5.91 Å². The highest BCUT2D eigenvalue weighted by molar-refractivity contribution is 5.97. The zero-order chi connectivity index (χ0) is 13.4. The summed E-state index contributed by atoms with van der Waals surface area (Å²) in [5, 5.41) is 2.78. The van der Waals surface area contributed by atoms with Crippen molar-refractivity contribution < 1.29 is 14.3 Å². The quantitative estimate of drug-likeness (QED) is 0.701. The van der Waals surface area contributed by atoms with Crippen molar-refractivity contribution in [1.82, 2.24) is 5.32 Å². The predicted molar refractivity (Wildman–Crippen MR) is 69.9 cm³/mol. The van der Waals surface area contributed by atoms with Gasteiger partial charge in [-0.05, 0) is 19.1 Å². The van der Waals surface area contributed by atoms with Gasteiger partial charge in [-0.2, -0.15) is 0 Å². The molecule has 100 valence electrons. The van der Waals surface area contributed by atoms with Crippen molar-refractivity contribution in [3.8, 4) is 5.75 Å². The fraction of sp³-hybridized carbons (Fsp3) is 0.462. The largest absolute Gasteiger partial charge is 0.496 e. The number of rotatable bonds is 7. The first-order chi connectivity index (χ1) is 8.69. The SMILES string of the molecule is COc1ccc(C)cc1C(=O)NCCOCCN. The van der Waals surface area contributed by atoms with Gasteiger partial charge in [-0.25, -0.2) is 0 Å². The van der Waals surface area contributed by atoms with Gasteiger partial charge in [0.15, 0.2) is 0 Å². The molecule has 0 fully saturated rings. The third-order valence-electron chi connectivity index (χ3n) is 2.39. The molecule has 0 radical (unpaired) electrons. The van der Waals surface area contributed by atoms with E-state index in [0.29, 0.717) is 37.6 Å². The van der Waals surface area contributed by atoms with Crippen molar-refractivity contribution in [2.45, 2.75) is 6.92 Å². The van der Waals surface area contributed by atoms with Gasteiger partial charge in [0.05, 0.1) is 25.9 Å². The van der Waals surface area contributed by atoms with Crippen molar-refractivity contribution in [2.75, 3.05) is 33.4 Å². The van der Waals surface area contributed by atoms with E-state index in [9.17, 15) is 4.79 Å². The summed E-state index contributed by atoms with van der Waals surface area (Å²) in [6, 6.07) is 5.49. The van der Waals surface area contributed by atoms with Crippen molar-refractivity contribution in [3.05, 3.63) is 29.3 Å². The number of carbonyl (C=O) groups is 1. The van der Waals surface area contributed by atoms with E-state index in [2.05, 4.69) is 5.32 Å². The van der Waals surface area contributed by atoms with E-state index in [1.165, 1.54) is 0 Å². The van der Waals surface area contributed by atoms with Crippen LogP contribution in [-0.4, -0.2) is 39.3 Å². The minimum Gasteiger partial charge on any atom is -0.496 e. The maximum atomic E-state index is 11.9. The topological polar surface area (TPSA) is 73.6 Å². The molecular formula is C13H20N2O3. The predicted octanol–water partition coefficient (Wildman–Crippen LogP) is 0.709. The molecule has 3 N–H and O–H groups in total. The monoisotopic (exact) mass is 252 g/mol. The molecule has 1 aromatic carbocycles. The van der Waals surface area contributed by atoms with Crippen LogP contribution in [0.5, 0.6) is 5.75 Å². The van der Waals surface area contributed by atoms with Crippen molar-refractivity contribution in [1.29, 1.82) is 0 Å². The van der Waals surface area contributed by atoms with Gasteiger partial charge in [0.2, 0.25) is 0 Å². The van der Waals surface area contributed by atoms with Crippen LogP contribution >= 0.6 is 0 Å². The van der Waals surface area contributed by atoms with Crippen molar-refractivity contribution in [2.24, 2.45) is 5.73 Å². The summed E-state index contributed by atoms with van der Waals surface area (Å²) in [6.07, 6.45) is 0. The van der Waals surface area contributed by atoms with E-state index in [4.69, 9.17) is 15.2 Å². The fourth-order valence-corrected chi connectivity index (χ4v) is 1.52. The summed E-state index contributed by atoms with van der Waals surface area (Å²) in [5.41, 5.74) is 6.84. The summed E-state index contributed by atoms with van der Waals surface area (Å²) in [5.74, 6) is 0.410. The van der Waals surface area contributed by atoms with Crippen LogP contribution in [-0.2, 0) is 4.74 Å². The molecule has 1 amide bonds. The zero-order valence-corrected chi connectivity index (χ0v) is 10.9. The molecule has 1 rings (SSSR count). The average Bonchev–Trinajstić information content (AvgIpc) is 2.38. The van der Waals surface area contributed by atoms with Crippen LogP contribution < -0.4 is 15.8 Å². The van der Waals surface area contributed by atoms with Crippen LogP contribution in [0.3, 0.4) is 0 Å².